The van der Waals surface area contributed by atoms with Gasteiger partial charge in [-0.25, -0.2) is 13.1 Å². The lowest BCUT2D eigenvalue weighted by molar-refractivity contribution is 0.0708. The van der Waals surface area contributed by atoms with Gasteiger partial charge in [-0.2, -0.15) is 0 Å². The molecule has 0 radical (unpaired) electrons. The fourth-order valence-electron chi connectivity index (χ4n) is 2.84. The number of hydrogen-bond acceptors (Lipinski definition) is 6. The first kappa shape index (κ1) is 18.5. The standard InChI is InChI=1S/C16H21N3O3S3/c1-17-12-4-7-19(8-5-12)16(20)15-14(6-10-24-15)25(21,22)18-11-13-3-2-9-23-13/h2-3,6,9-10,12,17-18H,4-5,7-8,11H2,1H3. The van der Waals surface area contributed by atoms with E-state index in [9.17, 15) is 13.2 Å². The third kappa shape index (κ3) is 4.29. The van der Waals surface area contributed by atoms with Gasteiger partial charge in [0.2, 0.25) is 10.0 Å². The summed E-state index contributed by atoms with van der Waals surface area (Å²) in [5.41, 5.74) is 0. The molecule has 0 aliphatic carbocycles. The molecule has 6 nitrogen and oxygen atoms in total. The van der Waals surface area contributed by atoms with Crippen molar-refractivity contribution in [1.29, 1.82) is 0 Å². The third-order valence-corrected chi connectivity index (χ3v) is 7.67. The minimum absolute atomic E-state index is 0.0785. The van der Waals surface area contributed by atoms with Crippen molar-refractivity contribution >= 4 is 38.6 Å². The summed E-state index contributed by atoms with van der Waals surface area (Å²) >= 11 is 2.68. The van der Waals surface area contributed by atoms with Crippen molar-refractivity contribution in [3.05, 3.63) is 38.7 Å². The van der Waals surface area contributed by atoms with Gasteiger partial charge in [0.1, 0.15) is 9.77 Å². The Morgan fingerprint density at radius 1 is 1.24 bits per heavy atom. The Morgan fingerprint density at radius 2 is 2.00 bits per heavy atom. The minimum Gasteiger partial charge on any atom is -0.338 e. The van der Waals surface area contributed by atoms with E-state index in [4.69, 9.17) is 0 Å². The van der Waals surface area contributed by atoms with Gasteiger partial charge in [0.15, 0.2) is 0 Å². The topological polar surface area (TPSA) is 78.5 Å². The highest BCUT2D eigenvalue weighted by Gasteiger charge is 2.29. The van der Waals surface area contributed by atoms with E-state index < -0.39 is 10.0 Å². The van der Waals surface area contributed by atoms with E-state index in [0.717, 1.165) is 17.7 Å². The highest BCUT2D eigenvalue weighted by atomic mass is 32.2. The molecule has 2 aromatic heterocycles. The second-order valence-electron chi connectivity index (χ2n) is 5.87. The summed E-state index contributed by atoms with van der Waals surface area (Å²) in [7, 11) is -1.79. The van der Waals surface area contributed by atoms with Crippen LogP contribution in [0.1, 0.15) is 27.4 Å². The van der Waals surface area contributed by atoms with Crippen LogP contribution in [0.3, 0.4) is 0 Å². The zero-order valence-electron chi connectivity index (χ0n) is 13.9. The van der Waals surface area contributed by atoms with E-state index in [1.165, 1.54) is 28.7 Å². The van der Waals surface area contributed by atoms with Crippen molar-refractivity contribution in [2.75, 3.05) is 20.1 Å². The largest absolute Gasteiger partial charge is 0.338 e. The van der Waals surface area contributed by atoms with Gasteiger partial charge in [-0.05, 0) is 42.8 Å². The molecule has 136 valence electrons. The quantitative estimate of drug-likeness (QED) is 0.780. The lowest BCUT2D eigenvalue weighted by Gasteiger charge is -2.31. The van der Waals surface area contributed by atoms with Crippen LogP contribution in [0.2, 0.25) is 0 Å². The van der Waals surface area contributed by atoms with Gasteiger partial charge in [-0.3, -0.25) is 4.79 Å². The van der Waals surface area contributed by atoms with Crippen molar-refractivity contribution in [3.8, 4) is 0 Å². The van der Waals surface area contributed by atoms with E-state index in [0.29, 0.717) is 24.0 Å². The summed E-state index contributed by atoms with van der Waals surface area (Å²) < 4.78 is 27.8. The van der Waals surface area contributed by atoms with Crippen LogP contribution in [0.25, 0.3) is 0 Å². The van der Waals surface area contributed by atoms with E-state index in [1.54, 1.807) is 10.3 Å². The Labute approximate surface area is 155 Å². The first-order chi connectivity index (χ1) is 12.0. The summed E-state index contributed by atoms with van der Waals surface area (Å²) in [4.78, 5) is 15.8. The average Bonchev–Trinajstić information content (AvgIpc) is 3.31. The molecule has 0 unspecified atom stereocenters. The lowest BCUT2D eigenvalue weighted by Crippen LogP contribution is -2.44. The Bertz CT molecular complexity index is 807. The van der Waals surface area contributed by atoms with E-state index in [-0.39, 0.29) is 17.3 Å². The Kier molecular flexibility index (Phi) is 5.90. The smallest absolute Gasteiger partial charge is 0.265 e. The van der Waals surface area contributed by atoms with Crippen LogP contribution in [0.5, 0.6) is 0 Å². The summed E-state index contributed by atoms with van der Waals surface area (Å²) in [6.07, 6.45) is 1.76. The normalized spacial score (nSPS) is 16.3. The number of rotatable bonds is 6. The maximum Gasteiger partial charge on any atom is 0.265 e. The summed E-state index contributed by atoms with van der Waals surface area (Å²) in [6.45, 7) is 1.52. The Balaban J connectivity index is 1.72. The minimum atomic E-state index is -3.72. The molecule has 0 spiro atoms. The first-order valence-electron chi connectivity index (χ1n) is 8.07. The van der Waals surface area contributed by atoms with Crippen LogP contribution >= 0.6 is 22.7 Å². The number of amides is 1. The fraction of sp³-hybridized carbons (Fsp3) is 0.438. The number of thiophene rings is 2. The van der Waals surface area contributed by atoms with Gasteiger partial charge in [-0.1, -0.05) is 6.07 Å². The molecule has 9 heteroatoms. The number of carbonyl (C=O) groups is 1. The molecule has 2 aromatic rings. The number of piperidine rings is 1. The second-order valence-corrected chi connectivity index (χ2v) is 9.56. The van der Waals surface area contributed by atoms with Crippen LogP contribution in [-0.4, -0.2) is 45.4 Å². The summed E-state index contributed by atoms with van der Waals surface area (Å²) in [5.74, 6) is -0.193. The van der Waals surface area contributed by atoms with Crippen LogP contribution < -0.4 is 10.0 Å². The Morgan fingerprint density at radius 3 is 2.64 bits per heavy atom. The molecule has 1 amide bonds. The lowest BCUT2D eigenvalue weighted by atomic mass is 10.1. The summed E-state index contributed by atoms with van der Waals surface area (Å²) in [6, 6.07) is 5.68. The number of sulfonamides is 1. The molecule has 0 saturated carbocycles. The monoisotopic (exact) mass is 399 g/mol. The maximum absolute atomic E-state index is 12.8. The number of hydrogen-bond donors (Lipinski definition) is 2. The number of nitrogens with one attached hydrogen (secondary N) is 2. The molecule has 1 aliphatic rings. The van der Waals surface area contributed by atoms with Crippen LogP contribution in [0, 0.1) is 0 Å². The predicted octanol–water partition coefficient (Wildman–Crippen LogP) is 2.11. The van der Waals surface area contributed by atoms with Gasteiger partial charge in [0.05, 0.1) is 0 Å². The molecule has 0 bridgehead atoms. The van der Waals surface area contributed by atoms with Crippen molar-refractivity contribution < 1.29 is 13.2 Å². The zero-order valence-corrected chi connectivity index (χ0v) is 16.3. The maximum atomic E-state index is 12.8. The van der Waals surface area contributed by atoms with Crippen LogP contribution in [0.15, 0.2) is 33.9 Å². The number of nitrogens with zero attached hydrogens (tertiary/aromatic N) is 1. The third-order valence-electron chi connectivity index (χ3n) is 4.32. The van der Waals surface area contributed by atoms with Gasteiger partial charge < -0.3 is 10.2 Å². The van der Waals surface area contributed by atoms with E-state index in [1.807, 2.05) is 24.6 Å². The van der Waals surface area contributed by atoms with Gasteiger partial charge >= 0.3 is 0 Å². The molecular formula is C16H21N3O3S3. The Hall–Kier alpha value is -1.26. The molecule has 1 aliphatic heterocycles. The highest BCUT2D eigenvalue weighted by molar-refractivity contribution is 7.89. The highest BCUT2D eigenvalue weighted by Crippen LogP contribution is 2.25. The van der Waals surface area contributed by atoms with Crippen LogP contribution in [-0.2, 0) is 16.6 Å². The van der Waals surface area contributed by atoms with Gasteiger partial charge in [-0.15, -0.1) is 22.7 Å². The molecular weight excluding hydrogens is 378 g/mol. The van der Waals surface area contributed by atoms with Crippen molar-refractivity contribution in [2.45, 2.75) is 30.3 Å². The van der Waals surface area contributed by atoms with Crippen molar-refractivity contribution in [2.24, 2.45) is 0 Å². The van der Waals surface area contributed by atoms with E-state index >= 15 is 0 Å². The molecule has 3 heterocycles. The molecule has 3 rings (SSSR count). The van der Waals surface area contributed by atoms with Crippen molar-refractivity contribution in [3.63, 3.8) is 0 Å². The predicted molar refractivity (Wildman–Crippen MR) is 101 cm³/mol. The number of carbonyl (C=O) groups excluding carboxylic acids is 1. The van der Waals surface area contributed by atoms with Crippen LogP contribution in [0.4, 0.5) is 0 Å². The summed E-state index contributed by atoms with van der Waals surface area (Å²) in [5, 5.41) is 6.78. The van der Waals surface area contributed by atoms with Crippen molar-refractivity contribution in [1.82, 2.24) is 14.9 Å². The number of likely N-dealkylation sites (tertiary alicyclic amines) is 1. The SMILES string of the molecule is CNC1CCN(C(=O)c2sccc2S(=O)(=O)NCc2cccs2)CC1. The fourth-order valence-corrected chi connectivity index (χ4v) is 5.97. The van der Waals surface area contributed by atoms with Gasteiger partial charge in [0.25, 0.3) is 5.91 Å². The zero-order chi connectivity index (χ0) is 17.9. The molecule has 1 saturated heterocycles. The van der Waals surface area contributed by atoms with E-state index in [2.05, 4.69) is 10.0 Å². The average molecular weight is 400 g/mol. The molecule has 2 N–H and O–H groups in total. The first-order valence-corrected chi connectivity index (χ1v) is 11.3. The molecule has 0 aromatic carbocycles. The molecule has 25 heavy (non-hydrogen) atoms. The molecule has 0 atom stereocenters. The van der Waals surface area contributed by atoms with Gasteiger partial charge in [0, 0.05) is 30.6 Å². The second kappa shape index (κ2) is 7.96. The molecule has 1 fully saturated rings.